The van der Waals surface area contributed by atoms with E-state index in [4.69, 9.17) is 0 Å². The molecule has 0 spiro atoms. The molecule has 0 saturated carbocycles. The molecule has 0 aliphatic heterocycles. The lowest BCUT2D eigenvalue weighted by atomic mass is 10.0. The van der Waals surface area contributed by atoms with Crippen LogP contribution in [0.2, 0.25) is 0 Å². The summed E-state index contributed by atoms with van der Waals surface area (Å²) in [4.78, 5) is 15.3. The summed E-state index contributed by atoms with van der Waals surface area (Å²) in [6.45, 7) is 6.10. The summed E-state index contributed by atoms with van der Waals surface area (Å²) in [7, 11) is 1.88. The van der Waals surface area contributed by atoms with E-state index >= 15 is 0 Å². The second-order valence-electron chi connectivity index (χ2n) is 5.43. The fraction of sp³-hybridized carbons (Fsp3) is 0.400. The Hall–Kier alpha value is -1.97. The molecule has 0 aliphatic rings. The number of aromatic amines is 1. The van der Waals surface area contributed by atoms with E-state index in [0.717, 1.165) is 23.0 Å². The molecule has 102 valence electrons. The van der Waals surface area contributed by atoms with Crippen molar-refractivity contribution in [3.05, 3.63) is 30.0 Å². The number of hydrogen-bond acceptors (Lipinski definition) is 2. The number of H-pyrrole nitrogens is 1. The van der Waals surface area contributed by atoms with E-state index in [-0.39, 0.29) is 11.4 Å². The quantitative estimate of drug-likeness (QED) is 0.790. The molecule has 0 aliphatic carbocycles. The Morgan fingerprint density at radius 2 is 2.05 bits per heavy atom. The molecular weight excluding hydrogens is 238 g/mol. The van der Waals surface area contributed by atoms with Gasteiger partial charge >= 0.3 is 0 Å². The number of aromatic nitrogens is 1. The fourth-order valence-corrected chi connectivity index (χ4v) is 1.87. The molecule has 0 fully saturated rings. The molecular formula is C15H21N3O. The first-order valence-electron chi connectivity index (χ1n) is 6.58. The first kappa shape index (κ1) is 13.5. The average molecular weight is 259 g/mol. The van der Waals surface area contributed by atoms with Gasteiger partial charge in [-0.15, -0.1) is 0 Å². The summed E-state index contributed by atoms with van der Waals surface area (Å²) in [6.07, 6.45) is 0.892. The second-order valence-corrected chi connectivity index (χ2v) is 5.43. The maximum atomic E-state index is 12.2. The van der Waals surface area contributed by atoms with E-state index in [1.807, 2.05) is 45.2 Å². The van der Waals surface area contributed by atoms with E-state index < -0.39 is 0 Å². The largest absolute Gasteiger partial charge is 0.388 e. The molecule has 19 heavy (non-hydrogen) atoms. The molecule has 0 saturated heterocycles. The normalized spacial score (nSPS) is 11.6. The predicted molar refractivity (Wildman–Crippen MR) is 79.7 cm³/mol. The van der Waals surface area contributed by atoms with Gasteiger partial charge in [-0.2, -0.15) is 0 Å². The zero-order valence-electron chi connectivity index (χ0n) is 11.9. The van der Waals surface area contributed by atoms with Crippen LogP contribution in [0.25, 0.3) is 10.9 Å². The summed E-state index contributed by atoms with van der Waals surface area (Å²) >= 11 is 0. The number of carbonyl (C=O) groups excluding carboxylic acids is 1. The maximum absolute atomic E-state index is 12.2. The van der Waals surface area contributed by atoms with Crippen LogP contribution in [0.3, 0.4) is 0 Å². The molecule has 4 nitrogen and oxygen atoms in total. The van der Waals surface area contributed by atoms with E-state index in [1.165, 1.54) is 0 Å². The van der Waals surface area contributed by atoms with Crippen LogP contribution in [0.1, 0.15) is 37.7 Å². The highest BCUT2D eigenvalue weighted by Crippen LogP contribution is 2.20. The molecule has 2 aromatic rings. The lowest BCUT2D eigenvalue weighted by Gasteiger charge is -2.23. The Morgan fingerprint density at radius 3 is 2.68 bits per heavy atom. The highest BCUT2D eigenvalue weighted by atomic mass is 16.2. The highest BCUT2D eigenvalue weighted by Gasteiger charge is 2.19. The SMILES string of the molecule is CCC(C)(C)NC(=O)c1cc2cc(NC)ccc2[nH]1. The highest BCUT2D eigenvalue weighted by molar-refractivity contribution is 5.98. The predicted octanol–water partition coefficient (Wildman–Crippen LogP) is 3.13. The third-order valence-electron chi connectivity index (χ3n) is 3.49. The Morgan fingerprint density at radius 1 is 1.32 bits per heavy atom. The summed E-state index contributed by atoms with van der Waals surface area (Å²) in [6, 6.07) is 7.87. The molecule has 1 amide bonds. The number of carbonyl (C=O) groups is 1. The number of hydrogen-bond donors (Lipinski definition) is 3. The first-order valence-corrected chi connectivity index (χ1v) is 6.58. The van der Waals surface area contributed by atoms with Crippen LogP contribution < -0.4 is 10.6 Å². The summed E-state index contributed by atoms with van der Waals surface area (Å²) in [5.41, 5.74) is 2.42. The van der Waals surface area contributed by atoms with Gasteiger partial charge in [0.1, 0.15) is 5.69 Å². The van der Waals surface area contributed by atoms with Gasteiger partial charge in [0.05, 0.1) is 0 Å². The number of benzene rings is 1. The monoisotopic (exact) mass is 259 g/mol. The van der Waals surface area contributed by atoms with Gasteiger partial charge in [0.15, 0.2) is 0 Å². The van der Waals surface area contributed by atoms with Crippen molar-refractivity contribution < 1.29 is 4.79 Å². The standard InChI is InChI=1S/C15H21N3O/c1-5-15(2,3)18-14(19)13-9-10-8-11(16-4)6-7-12(10)17-13/h6-9,16-17H,5H2,1-4H3,(H,18,19). The zero-order valence-corrected chi connectivity index (χ0v) is 11.9. The van der Waals surface area contributed by atoms with Crippen LogP contribution in [0.4, 0.5) is 5.69 Å². The Labute approximate surface area is 113 Å². The van der Waals surface area contributed by atoms with Crippen molar-refractivity contribution in [1.29, 1.82) is 0 Å². The van der Waals surface area contributed by atoms with Crippen LogP contribution in [0, 0.1) is 0 Å². The Bertz CT molecular complexity index is 598. The molecule has 4 heteroatoms. The van der Waals surface area contributed by atoms with E-state index in [9.17, 15) is 4.79 Å². The van der Waals surface area contributed by atoms with E-state index in [0.29, 0.717) is 5.69 Å². The number of amides is 1. The first-order chi connectivity index (χ1) is 8.95. The van der Waals surface area contributed by atoms with Crippen molar-refractivity contribution in [2.75, 3.05) is 12.4 Å². The van der Waals surface area contributed by atoms with Gasteiger partial charge in [0.25, 0.3) is 5.91 Å². The molecule has 1 aromatic heterocycles. The van der Waals surface area contributed by atoms with Gasteiger partial charge in [-0.1, -0.05) is 6.92 Å². The number of anilines is 1. The van der Waals surface area contributed by atoms with Gasteiger partial charge in [0.2, 0.25) is 0 Å². The third-order valence-corrected chi connectivity index (χ3v) is 3.49. The minimum Gasteiger partial charge on any atom is -0.388 e. The van der Waals surface area contributed by atoms with E-state index in [1.54, 1.807) is 0 Å². The van der Waals surface area contributed by atoms with Crippen molar-refractivity contribution in [1.82, 2.24) is 10.3 Å². The van der Waals surface area contributed by atoms with Crippen LogP contribution in [0.5, 0.6) is 0 Å². The minimum absolute atomic E-state index is 0.0611. The number of rotatable bonds is 4. The molecule has 3 N–H and O–H groups in total. The lowest BCUT2D eigenvalue weighted by Crippen LogP contribution is -2.42. The summed E-state index contributed by atoms with van der Waals surface area (Å²) < 4.78 is 0. The van der Waals surface area contributed by atoms with Gasteiger partial charge < -0.3 is 15.6 Å². The molecule has 1 heterocycles. The van der Waals surface area contributed by atoms with Gasteiger partial charge in [-0.05, 0) is 44.5 Å². The van der Waals surface area contributed by atoms with Crippen LogP contribution in [0.15, 0.2) is 24.3 Å². The smallest absolute Gasteiger partial charge is 0.268 e. The van der Waals surface area contributed by atoms with Gasteiger partial charge in [0, 0.05) is 29.2 Å². The van der Waals surface area contributed by atoms with Crippen LogP contribution in [-0.4, -0.2) is 23.5 Å². The Balaban J connectivity index is 2.28. The molecule has 2 rings (SSSR count). The Kier molecular flexibility index (Phi) is 3.51. The molecule has 0 radical (unpaired) electrons. The van der Waals surface area contributed by atoms with Crippen LogP contribution in [-0.2, 0) is 0 Å². The summed E-state index contributed by atoms with van der Waals surface area (Å²) in [5, 5.41) is 7.15. The van der Waals surface area contributed by atoms with Crippen molar-refractivity contribution >= 4 is 22.5 Å². The number of nitrogens with one attached hydrogen (secondary N) is 3. The van der Waals surface area contributed by atoms with Crippen molar-refractivity contribution in [3.63, 3.8) is 0 Å². The van der Waals surface area contributed by atoms with Gasteiger partial charge in [-0.3, -0.25) is 4.79 Å². The topological polar surface area (TPSA) is 56.9 Å². The zero-order chi connectivity index (χ0) is 14.0. The van der Waals surface area contributed by atoms with Crippen LogP contribution >= 0.6 is 0 Å². The molecule has 0 bridgehead atoms. The van der Waals surface area contributed by atoms with E-state index in [2.05, 4.69) is 22.5 Å². The van der Waals surface area contributed by atoms with Gasteiger partial charge in [-0.25, -0.2) is 0 Å². The minimum atomic E-state index is -0.190. The second kappa shape index (κ2) is 4.96. The maximum Gasteiger partial charge on any atom is 0.268 e. The molecule has 0 atom stereocenters. The lowest BCUT2D eigenvalue weighted by molar-refractivity contribution is 0.0907. The van der Waals surface area contributed by atoms with Crippen molar-refractivity contribution in [2.45, 2.75) is 32.7 Å². The average Bonchev–Trinajstić information content (AvgIpc) is 2.81. The molecule has 0 unspecified atom stereocenters. The molecule has 1 aromatic carbocycles. The fourth-order valence-electron chi connectivity index (χ4n) is 1.87. The summed E-state index contributed by atoms with van der Waals surface area (Å²) in [5.74, 6) is -0.0611. The van der Waals surface area contributed by atoms with Crippen molar-refractivity contribution in [2.24, 2.45) is 0 Å². The third kappa shape index (κ3) is 2.89. The van der Waals surface area contributed by atoms with Crippen molar-refractivity contribution in [3.8, 4) is 0 Å². The number of fused-ring (bicyclic) bond motifs is 1.